The normalized spacial score (nSPS) is 10.0. The Morgan fingerprint density at radius 3 is 2.10 bits per heavy atom. The van der Waals surface area contributed by atoms with Crippen LogP contribution in [-0.2, 0) is 19.1 Å². The highest BCUT2D eigenvalue weighted by Crippen LogP contribution is 2.15. The molecule has 0 fully saturated rings. The van der Waals surface area contributed by atoms with E-state index in [0.717, 1.165) is 0 Å². The number of rotatable bonds is 6. The van der Waals surface area contributed by atoms with Crippen molar-refractivity contribution < 1.29 is 23.8 Å². The maximum absolute atomic E-state index is 11.5. The molecule has 0 aliphatic carbocycles. The zero-order valence-electron chi connectivity index (χ0n) is 12.3. The fraction of sp³-hybridized carbons (Fsp3) is 0.250. The molecule has 0 spiro atoms. The number of ether oxygens (including phenoxy) is 3. The highest BCUT2D eigenvalue weighted by molar-refractivity contribution is 6.17. The lowest BCUT2D eigenvalue weighted by atomic mass is 10.1. The third-order valence-electron chi connectivity index (χ3n) is 2.58. The molecule has 5 heteroatoms. The molecule has 21 heavy (non-hydrogen) atoms. The van der Waals surface area contributed by atoms with Crippen LogP contribution in [0.2, 0.25) is 0 Å². The smallest absolute Gasteiger partial charge is 0.345 e. The van der Waals surface area contributed by atoms with Crippen molar-refractivity contribution in [2.45, 2.75) is 6.92 Å². The SMILES string of the molecule is C/C=C/COc1ccc(C=C(C(=O)OC)C(=O)OC)cc1. The summed E-state index contributed by atoms with van der Waals surface area (Å²) in [5.41, 5.74) is 0.502. The van der Waals surface area contributed by atoms with Crippen LogP contribution < -0.4 is 4.74 Å². The number of hydrogen-bond acceptors (Lipinski definition) is 5. The van der Waals surface area contributed by atoms with Gasteiger partial charge >= 0.3 is 11.9 Å². The Bertz CT molecular complexity index is 522. The van der Waals surface area contributed by atoms with Gasteiger partial charge in [0.1, 0.15) is 17.9 Å². The summed E-state index contributed by atoms with van der Waals surface area (Å²) in [4.78, 5) is 23.1. The van der Waals surface area contributed by atoms with Gasteiger partial charge < -0.3 is 14.2 Å². The molecule has 0 amide bonds. The molecule has 0 radical (unpaired) electrons. The molecule has 5 nitrogen and oxygen atoms in total. The van der Waals surface area contributed by atoms with E-state index in [4.69, 9.17) is 4.74 Å². The van der Waals surface area contributed by atoms with Gasteiger partial charge in [0.2, 0.25) is 0 Å². The topological polar surface area (TPSA) is 61.8 Å². The van der Waals surface area contributed by atoms with Gasteiger partial charge in [0.05, 0.1) is 14.2 Å². The average molecular weight is 290 g/mol. The first kappa shape index (κ1) is 16.5. The molecule has 1 aromatic rings. The monoisotopic (exact) mass is 290 g/mol. The molecule has 0 aliphatic heterocycles. The summed E-state index contributed by atoms with van der Waals surface area (Å²) in [5.74, 6) is -0.784. The van der Waals surface area contributed by atoms with Gasteiger partial charge in [0.25, 0.3) is 0 Å². The lowest BCUT2D eigenvalue weighted by molar-refractivity contribution is -0.143. The van der Waals surface area contributed by atoms with Gasteiger partial charge in [-0.3, -0.25) is 0 Å². The quantitative estimate of drug-likeness (QED) is 0.265. The van der Waals surface area contributed by atoms with Crippen LogP contribution in [0, 0.1) is 0 Å². The van der Waals surface area contributed by atoms with Crippen molar-refractivity contribution >= 4 is 18.0 Å². The Balaban J connectivity index is 2.90. The summed E-state index contributed by atoms with van der Waals surface area (Å²) in [5, 5.41) is 0. The van der Waals surface area contributed by atoms with Crippen molar-refractivity contribution in [2.75, 3.05) is 20.8 Å². The Morgan fingerprint density at radius 2 is 1.62 bits per heavy atom. The maximum Gasteiger partial charge on any atom is 0.345 e. The first-order valence-corrected chi connectivity index (χ1v) is 6.34. The zero-order valence-corrected chi connectivity index (χ0v) is 12.3. The first-order chi connectivity index (χ1) is 10.1. The Morgan fingerprint density at radius 1 is 1.05 bits per heavy atom. The molecule has 0 unspecified atom stereocenters. The summed E-state index contributed by atoms with van der Waals surface area (Å²) in [7, 11) is 2.41. The van der Waals surface area contributed by atoms with Gasteiger partial charge in [0.15, 0.2) is 0 Å². The number of hydrogen-bond donors (Lipinski definition) is 0. The molecular formula is C16H18O5. The number of allylic oxidation sites excluding steroid dienone is 1. The Labute approximate surface area is 123 Å². The van der Waals surface area contributed by atoms with Crippen molar-refractivity contribution in [2.24, 2.45) is 0 Å². The van der Waals surface area contributed by atoms with Crippen molar-refractivity contribution in [1.82, 2.24) is 0 Å². The highest BCUT2D eigenvalue weighted by atomic mass is 16.5. The van der Waals surface area contributed by atoms with Gasteiger partial charge in [-0.25, -0.2) is 9.59 Å². The fourth-order valence-electron chi connectivity index (χ4n) is 1.49. The van der Waals surface area contributed by atoms with Crippen LogP contribution in [-0.4, -0.2) is 32.8 Å². The van der Waals surface area contributed by atoms with E-state index in [2.05, 4.69) is 9.47 Å². The number of esters is 2. The molecule has 0 N–H and O–H groups in total. The molecule has 0 heterocycles. The zero-order chi connectivity index (χ0) is 15.7. The largest absolute Gasteiger partial charge is 0.490 e. The molecule has 0 saturated heterocycles. The molecule has 1 aromatic carbocycles. The maximum atomic E-state index is 11.5. The van der Waals surface area contributed by atoms with Gasteiger partial charge in [-0.05, 0) is 30.7 Å². The summed E-state index contributed by atoms with van der Waals surface area (Å²) in [6.45, 7) is 2.40. The predicted molar refractivity (Wildman–Crippen MR) is 78.8 cm³/mol. The van der Waals surface area contributed by atoms with Gasteiger partial charge in [0, 0.05) is 0 Å². The van der Waals surface area contributed by atoms with E-state index in [1.165, 1.54) is 20.3 Å². The van der Waals surface area contributed by atoms with Crippen LogP contribution >= 0.6 is 0 Å². The van der Waals surface area contributed by atoms with Crippen LogP contribution in [0.25, 0.3) is 6.08 Å². The van der Waals surface area contributed by atoms with Gasteiger partial charge in [-0.1, -0.05) is 24.3 Å². The van der Waals surface area contributed by atoms with Crippen molar-refractivity contribution in [3.05, 3.63) is 47.6 Å². The second-order valence-electron chi connectivity index (χ2n) is 3.99. The first-order valence-electron chi connectivity index (χ1n) is 6.34. The molecule has 112 valence electrons. The molecule has 0 saturated carbocycles. The second kappa shape index (κ2) is 8.58. The fourth-order valence-corrected chi connectivity index (χ4v) is 1.49. The average Bonchev–Trinajstić information content (AvgIpc) is 2.52. The van der Waals surface area contributed by atoms with Crippen LogP contribution in [0.1, 0.15) is 12.5 Å². The van der Waals surface area contributed by atoms with Crippen molar-refractivity contribution in [3.8, 4) is 5.75 Å². The molecule has 0 bridgehead atoms. The van der Waals surface area contributed by atoms with E-state index in [1.54, 1.807) is 24.3 Å². The standard InChI is InChI=1S/C16H18O5/c1-4-5-10-21-13-8-6-12(7-9-13)11-14(15(17)19-2)16(18)20-3/h4-9,11H,10H2,1-3H3/b5-4+. The van der Waals surface area contributed by atoms with E-state index in [-0.39, 0.29) is 5.57 Å². The minimum atomic E-state index is -0.741. The van der Waals surface area contributed by atoms with E-state index < -0.39 is 11.9 Å². The third kappa shape index (κ3) is 5.14. The minimum Gasteiger partial charge on any atom is -0.490 e. The third-order valence-corrected chi connectivity index (χ3v) is 2.58. The molecule has 1 rings (SSSR count). The predicted octanol–water partition coefficient (Wildman–Crippen LogP) is 2.37. The highest BCUT2D eigenvalue weighted by Gasteiger charge is 2.19. The Hall–Kier alpha value is -2.56. The van der Waals surface area contributed by atoms with Gasteiger partial charge in [-0.2, -0.15) is 0 Å². The Kier molecular flexibility index (Phi) is 6.74. The van der Waals surface area contributed by atoms with Crippen LogP contribution in [0.3, 0.4) is 0 Å². The van der Waals surface area contributed by atoms with Crippen molar-refractivity contribution in [1.29, 1.82) is 0 Å². The number of methoxy groups -OCH3 is 2. The summed E-state index contributed by atoms with van der Waals surface area (Å²) in [6.07, 6.45) is 5.20. The van der Waals surface area contributed by atoms with E-state index in [1.807, 2.05) is 19.1 Å². The number of carbonyl (C=O) groups excluding carboxylic acids is 2. The van der Waals surface area contributed by atoms with E-state index in [0.29, 0.717) is 17.9 Å². The lowest BCUT2D eigenvalue weighted by Gasteiger charge is -2.05. The molecular weight excluding hydrogens is 272 g/mol. The number of benzene rings is 1. The number of carbonyl (C=O) groups is 2. The summed E-state index contributed by atoms with van der Waals surface area (Å²) < 4.78 is 14.6. The summed E-state index contributed by atoms with van der Waals surface area (Å²) in [6, 6.07) is 6.97. The summed E-state index contributed by atoms with van der Waals surface area (Å²) >= 11 is 0. The molecule has 0 atom stereocenters. The van der Waals surface area contributed by atoms with E-state index in [9.17, 15) is 9.59 Å². The minimum absolute atomic E-state index is 0.164. The van der Waals surface area contributed by atoms with Crippen LogP contribution in [0.4, 0.5) is 0 Å². The molecule has 0 aromatic heterocycles. The van der Waals surface area contributed by atoms with Crippen LogP contribution in [0.5, 0.6) is 5.75 Å². The van der Waals surface area contributed by atoms with Crippen molar-refractivity contribution in [3.63, 3.8) is 0 Å². The van der Waals surface area contributed by atoms with Gasteiger partial charge in [-0.15, -0.1) is 0 Å². The second-order valence-corrected chi connectivity index (χ2v) is 3.99. The molecule has 0 aliphatic rings. The lowest BCUT2D eigenvalue weighted by Crippen LogP contribution is -2.15. The van der Waals surface area contributed by atoms with Crippen LogP contribution in [0.15, 0.2) is 42.0 Å². The van der Waals surface area contributed by atoms with E-state index >= 15 is 0 Å².